The number of nitrogens with zero attached hydrogens (tertiary/aromatic N) is 2. The molecule has 1 unspecified atom stereocenters. The minimum atomic E-state index is 0.709. The minimum absolute atomic E-state index is 0.709. The lowest BCUT2D eigenvalue weighted by atomic mass is 9.99. The fourth-order valence-corrected chi connectivity index (χ4v) is 3.14. The Hall–Kier alpha value is -0.120. The van der Waals surface area contributed by atoms with Gasteiger partial charge in [-0.1, -0.05) is 6.92 Å². The van der Waals surface area contributed by atoms with Crippen LogP contribution in [0.1, 0.15) is 40.0 Å². The van der Waals surface area contributed by atoms with Gasteiger partial charge in [-0.2, -0.15) is 0 Å². The quantitative estimate of drug-likeness (QED) is 0.806. The molecule has 0 aromatic rings. The summed E-state index contributed by atoms with van der Waals surface area (Å²) in [7, 11) is 0. The van der Waals surface area contributed by atoms with Crippen LogP contribution in [0.15, 0.2) is 0 Å². The first kappa shape index (κ1) is 14.3. The second-order valence-electron chi connectivity index (χ2n) is 6.55. The number of hydrogen-bond acceptors (Lipinski definition) is 3. The summed E-state index contributed by atoms with van der Waals surface area (Å²) in [4.78, 5) is 5.21. The summed E-state index contributed by atoms with van der Waals surface area (Å²) in [5.41, 5.74) is 0. The first-order valence-electron chi connectivity index (χ1n) is 7.85. The molecular formula is C15H31N3. The van der Waals surface area contributed by atoms with Gasteiger partial charge in [-0.15, -0.1) is 0 Å². The van der Waals surface area contributed by atoms with Crippen LogP contribution in [0.4, 0.5) is 0 Å². The predicted molar refractivity (Wildman–Crippen MR) is 78.0 cm³/mol. The standard InChI is InChI=1S/C15H31N3/c1-13(2)18-10-6-15(12-18)16-7-11-17-8-4-14(3)5-9-17/h13-16H,4-12H2,1-3H3. The SMILES string of the molecule is CC1CCN(CCNC2CCN(C(C)C)C2)CC1. The molecule has 1 N–H and O–H groups in total. The molecule has 3 heteroatoms. The molecule has 0 amide bonds. The Morgan fingerprint density at radius 2 is 1.83 bits per heavy atom. The molecule has 2 aliphatic heterocycles. The first-order valence-corrected chi connectivity index (χ1v) is 7.85. The molecule has 2 fully saturated rings. The van der Waals surface area contributed by atoms with Crippen molar-refractivity contribution >= 4 is 0 Å². The molecule has 3 nitrogen and oxygen atoms in total. The smallest absolute Gasteiger partial charge is 0.0207 e. The fourth-order valence-electron chi connectivity index (χ4n) is 3.14. The van der Waals surface area contributed by atoms with Gasteiger partial charge in [0.25, 0.3) is 0 Å². The number of nitrogens with one attached hydrogen (secondary N) is 1. The lowest BCUT2D eigenvalue weighted by molar-refractivity contribution is 0.190. The number of likely N-dealkylation sites (tertiary alicyclic amines) is 2. The average Bonchev–Trinajstić information content (AvgIpc) is 2.81. The van der Waals surface area contributed by atoms with E-state index in [1.54, 1.807) is 0 Å². The van der Waals surface area contributed by atoms with Gasteiger partial charge >= 0.3 is 0 Å². The van der Waals surface area contributed by atoms with Crippen molar-refractivity contribution in [3.8, 4) is 0 Å². The normalized spacial score (nSPS) is 28.3. The van der Waals surface area contributed by atoms with E-state index >= 15 is 0 Å². The molecule has 0 radical (unpaired) electrons. The van der Waals surface area contributed by atoms with Crippen molar-refractivity contribution < 1.29 is 0 Å². The van der Waals surface area contributed by atoms with Crippen molar-refractivity contribution in [3.63, 3.8) is 0 Å². The monoisotopic (exact) mass is 253 g/mol. The highest BCUT2D eigenvalue weighted by Crippen LogP contribution is 2.15. The van der Waals surface area contributed by atoms with E-state index in [0.717, 1.165) is 12.0 Å². The Kier molecular flexibility index (Phi) is 5.46. The molecule has 0 aromatic carbocycles. The zero-order valence-corrected chi connectivity index (χ0v) is 12.5. The molecular weight excluding hydrogens is 222 g/mol. The van der Waals surface area contributed by atoms with Gasteiger partial charge in [-0.05, 0) is 58.7 Å². The Morgan fingerprint density at radius 1 is 1.11 bits per heavy atom. The summed E-state index contributed by atoms with van der Waals surface area (Å²) in [5, 5.41) is 3.74. The lowest BCUT2D eigenvalue weighted by Gasteiger charge is -2.30. The van der Waals surface area contributed by atoms with E-state index in [2.05, 4.69) is 35.9 Å². The van der Waals surface area contributed by atoms with Crippen molar-refractivity contribution in [1.29, 1.82) is 0 Å². The van der Waals surface area contributed by atoms with Gasteiger partial charge in [0.15, 0.2) is 0 Å². The predicted octanol–water partition coefficient (Wildman–Crippen LogP) is 1.79. The van der Waals surface area contributed by atoms with Gasteiger partial charge in [-0.25, -0.2) is 0 Å². The summed E-state index contributed by atoms with van der Waals surface area (Å²) in [5.74, 6) is 0.948. The molecule has 2 rings (SSSR count). The molecule has 0 saturated carbocycles. The van der Waals surface area contributed by atoms with Crippen LogP contribution in [0, 0.1) is 5.92 Å². The average molecular weight is 253 g/mol. The maximum atomic E-state index is 3.74. The van der Waals surface area contributed by atoms with Gasteiger partial charge in [0.1, 0.15) is 0 Å². The third-order valence-corrected chi connectivity index (χ3v) is 4.69. The van der Waals surface area contributed by atoms with E-state index < -0.39 is 0 Å². The molecule has 0 aliphatic carbocycles. The number of rotatable bonds is 5. The van der Waals surface area contributed by atoms with Gasteiger partial charge in [0.2, 0.25) is 0 Å². The molecule has 0 bridgehead atoms. The molecule has 18 heavy (non-hydrogen) atoms. The second-order valence-corrected chi connectivity index (χ2v) is 6.55. The third-order valence-electron chi connectivity index (χ3n) is 4.69. The van der Waals surface area contributed by atoms with E-state index in [4.69, 9.17) is 0 Å². The van der Waals surface area contributed by atoms with Crippen LogP contribution in [0.2, 0.25) is 0 Å². The molecule has 1 atom stereocenters. The highest BCUT2D eigenvalue weighted by atomic mass is 15.2. The molecule has 0 aromatic heterocycles. The van der Waals surface area contributed by atoms with Crippen LogP contribution in [0.5, 0.6) is 0 Å². The lowest BCUT2D eigenvalue weighted by Crippen LogP contribution is -2.41. The van der Waals surface area contributed by atoms with Crippen molar-refractivity contribution in [2.75, 3.05) is 39.3 Å². The fraction of sp³-hybridized carbons (Fsp3) is 1.00. The highest BCUT2D eigenvalue weighted by molar-refractivity contribution is 4.83. The van der Waals surface area contributed by atoms with Crippen molar-refractivity contribution in [2.45, 2.75) is 52.1 Å². The zero-order chi connectivity index (χ0) is 13.0. The largest absolute Gasteiger partial charge is 0.311 e. The Balaban J connectivity index is 1.56. The maximum absolute atomic E-state index is 3.74. The molecule has 0 spiro atoms. The summed E-state index contributed by atoms with van der Waals surface area (Å²) in [6.07, 6.45) is 4.12. The van der Waals surface area contributed by atoms with Gasteiger partial charge < -0.3 is 10.2 Å². The highest BCUT2D eigenvalue weighted by Gasteiger charge is 2.23. The van der Waals surface area contributed by atoms with Crippen LogP contribution in [0.25, 0.3) is 0 Å². The second kappa shape index (κ2) is 6.88. The zero-order valence-electron chi connectivity index (χ0n) is 12.5. The van der Waals surface area contributed by atoms with Gasteiger partial charge in [0, 0.05) is 31.7 Å². The maximum Gasteiger partial charge on any atom is 0.0207 e. The van der Waals surface area contributed by atoms with Crippen LogP contribution in [-0.2, 0) is 0 Å². The van der Waals surface area contributed by atoms with Crippen molar-refractivity contribution in [2.24, 2.45) is 5.92 Å². The summed E-state index contributed by atoms with van der Waals surface area (Å²) < 4.78 is 0. The molecule has 2 aliphatic rings. The Labute approximate surface area is 113 Å². The van der Waals surface area contributed by atoms with Crippen LogP contribution in [-0.4, -0.2) is 61.2 Å². The first-order chi connectivity index (χ1) is 8.65. The molecule has 2 saturated heterocycles. The van der Waals surface area contributed by atoms with Crippen LogP contribution < -0.4 is 5.32 Å². The summed E-state index contributed by atoms with van der Waals surface area (Å²) >= 11 is 0. The van der Waals surface area contributed by atoms with E-state index in [0.29, 0.717) is 6.04 Å². The number of piperidine rings is 1. The Bertz CT molecular complexity index is 234. The minimum Gasteiger partial charge on any atom is -0.311 e. The number of hydrogen-bond donors (Lipinski definition) is 1. The topological polar surface area (TPSA) is 18.5 Å². The van der Waals surface area contributed by atoms with E-state index in [1.807, 2.05) is 0 Å². The van der Waals surface area contributed by atoms with Gasteiger partial charge in [-0.3, -0.25) is 4.90 Å². The summed E-state index contributed by atoms with van der Waals surface area (Å²) in [6.45, 7) is 14.5. The van der Waals surface area contributed by atoms with Crippen LogP contribution in [0.3, 0.4) is 0 Å². The van der Waals surface area contributed by atoms with E-state index in [1.165, 1.54) is 58.5 Å². The third kappa shape index (κ3) is 4.22. The Morgan fingerprint density at radius 3 is 2.44 bits per heavy atom. The summed E-state index contributed by atoms with van der Waals surface area (Å²) in [6, 6.07) is 1.44. The van der Waals surface area contributed by atoms with Gasteiger partial charge in [0.05, 0.1) is 0 Å². The molecule has 2 heterocycles. The molecule has 106 valence electrons. The van der Waals surface area contributed by atoms with E-state index in [9.17, 15) is 0 Å². The van der Waals surface area contributed by atoms with Crippen molar-refractivity contribution in [3.05, 3.63) is 0 Å². The van der Waals surface area contributed by atoms with E-state index in [-0.39, 0.29) is 0 Å². The van der Waals surface area contributed by atoms with Crippen LogP contribution >= 0.6 is 0 Å². The van der Waals surface area contributed by atoms with Crippen molar-refractivity contribution in [1.82, 2.24) is 15.1 Å².